The summed E-state index contributed by atoms with van der Waals surface area (Å²) >= 11 is 0. The number of halogens is 2. The van der Waals surface area contributed by atoms with Gasteiger partial charge in [-0.1, -0.05) is 6.07 Å². The van der Waals surface area contributed by atoms with Crippen LogP contribution in [0.4, 0.5) is 8.78 Å². The number of nitrogens with zero attached hydrogens (tertiary/aromatic N) is 1. The molecule has 3 rings (SSSR count). The summed E-state index contributed by atoms with van der Waals surface area (Å²) in [6.07, 6.45) is -0.503. The van der Waals surface area contributed by atoms with Crippen molar-refractivity contribution < 1.29 is 33.4 Å². The maximum absolute atomic E-state index is 14.1. The van der Waals surface area contributed by atoms with E-state index in [0.29, 0.717) is 11.3 Å². The molecule has 0 saturated carbocycles. The number of phenolic OH excluding ortho intramolecular Hbond substituents is 1. The Labute approximate surface area is 175 Å². The summed E-state index contributed by atoms with van der Waals surface area (Å²) in [5, 5.41) is 21.5. The van der Waals surface area contributed by atoms with Gasteiger partial charge in [-0.3, -0.25) is 19.0 Å². The molecule has 1 aromatic heterocycles. The molecule has 1 heterocycles. The maximum atomic E-state index is 14.1. The third-order valence-electron chi connectivity index (χ3n) is 4.90. The smallest absolute Gasteiger partial charge is 0.305 e. The van der Waals surface area contributed by atoms with Gasteiger partial charge in [0.05, 0.1) is 18.4 Å². The van der Waals surface area contributed by atoms with Gasteiger partial charge in [0.15, 0.2) is 11.6 Å². The molecular formula is C22H20F2N2O5. The first-order valence-electron chi connectivity index (χ1n) is 9.42. The van der Waals surface area contributed by atoms with E-state index in [2.05, 4.69) is 5.32 Å². The standard InChI is InChI=1S/C22H20F2N2O5/c1-11(6-21(29)30)25-20(28)9-15-12(2)26(18-10-17(24)19(27)8-16(15)18)22(31)13-4-3-5-14(23)7-13/h3-5,7-8,10-11,27H,6,9H2,1-2H3,(H,25,28)(H,29,30). The second kappa shape index (κ2) is 8.55. The predicted octanol–water partition coefficient (Wildman–Crippen LogP) is 3.14. The van der Waals surface area contributed by atoms with Crippen LogP contribution in [0.25, 0.3) is 10.9 Å². The molecule has 162 valence electrons. The van der Waals surface area contributed by atoms with Gasteiger partial charge in [0.2, 0.25) is 5.91 Å². The number of carboxylic acids is 1. The molecule has 7 nitrogen and oxygen atoms in total. The van der Waals surface area contributed by atoms with Crippen molar-refractivity contribution in [2.24, 2.45) is 0 Å². The number of aliphatic carboxylic acids is 1. The van der Waals surface area contributed by atoms with Crippen LogP contribution in [0.3, 0.4) is 0 Å². The second-order valence-corrected chi connectivity index (χ2v) is 7.28. The number of hydrogen-bond acceptors (Lipinski definition) is 4. The number of phenols is 1. The van der Waals surface area contributed by atoms with Crippen molar-refractivity contribution in [1.29, 1.82) is 0 Å². The van der Waals surface area contributed by atoms with E-state index in [0.717, 1.165) is 22.8 Å². The Bertz CT molecular complexity index is 1200. The Morgan fingerprint density at radius 3 is 2.52 bits per heavy atom. The summed E-state index contributed by atoms with van der Waals surface area (Å²) < 4.78 is 28.9. The number of aromatic nitrogens is 1. The number of fused-ring (bicyclic) bond motifs is 1. The van der Waals surface area contributed by atoms with Gasteiger partial charge in [-0.25, -0.2) is 8.78 Å². The van der Waals surface area contributed by atoms with Crippen LogP contribution < -0.4 is 5.32 Å². The molecule has 9 heteroatoms. The van der Waals surface area contributed by atoms with Crippen molar-refractivity contribution >= 4 is 28.7 Å². The van der Waals surface area contributed by atoms with Gasteiger partial charge < -0.3 is 15.5 Å². The van der Waals surface area contributed by atoms with Crippen LogP contribution in [0.1, 0.15) is 35.0 Å². The Kier molecular flexibility index (Phi) is 6.05. The lowest BCUT2D eigenvalue weighted by Crippen LogP contribution is -2.35. The fourth-order valence-electron chi connectivity index (χ4n) is 3.52. The van der Waals surface area contributed by atoms with E-state index in [-0.39, 0.29) is 29.3 Å². The monoisotopic (exact) mass is 430 g/mol. The molecule has 0 fully saturated rings. The van der Waals surface area contributed by atoms with Crippen molar-refractivity contribution in [3.8, 4) is 5.75 Å². The van der Waals surface area contributed by atoms with Crippen molar-refractivity contribution in [2.75, 3.05) is 0 Å². The molecule has 0 saturated heterocycles. The number of carbonyl (C=O) groups excluding carboxylic acids is 2. The largest absolute Gasteiger partial charge is 0.505 e. The number of benzene rings is 2. The molecule has 0 bridgehead atoms. The Morgan fingerprint density at radius 2 is 1.87 bits per heavy atom. The Hall–Kier alpha value is -3.75. The van der Waals surface area contributed by atoms with Gasteiger partial charge in [-0.2, -0.15) is 0 Å². The first-order valence-corrected chi connectivity index (χ1v) is 9.42. The number of amides is 1. The van der Waals surface area contributed by atoms with Crippen molar-refractivity contribution in [3.63, 3.8) is 0 Å². The topological polar surface area (TPSA) is 109 Å². The lowest BCUT2D eigenvalue weighted by molar-refractivity contribution is -0.137. The molecule has 0 aliphatic rings. The molecule has 3 N–H and O–H groups in total. The number of aromatic hydroxyl groups is 1. The molecule has 0 spiro atoms. The van der Waals surface area contributed by atoms with Crippen molar-refractivity contribution in [2.45, 2.75) is 32.7 Å². The van der Waals surface area contributed by atoms with E-state index in [9.17, 15) is 28.3 Å². The summed E-state index contributed by atoms with van der Waals surface area (Å²) in [6.45, 7) is 3.09. The molecule has 2 aromatic carbocycles. The summed E-state index contributed by atoms with van der Waals surface area (Å²) in [5.74, 6) is -4.42. The van der Waals surface area contributed by atoms with Crippen LogP contribution in [0.2, 0.25) is 0 Å². The van der Waals surface area contributed by atoms with E-state index in [1.165, 1.54) is 25.1 Å². The SMILES string of the molecule is Cc1c(CC(=O)NC(C)CC(=O)O)c2cc(O)c(F)cc2n1C(=O)c1cccc(F)c1. The number of rotatable bonds is 6. The number of nitrogens with one attached hydrogen (secondary N) is 1. The van der Waals surface area contributed by atoms with E-state index in [4.69, 9.17) is 5.11 Å². The van der Waals surface area contributed by atoms with E-state index in [1.807, 2.05) is 0 Å². The van der Waals surface area contributed by atoms with Gasteiger partial charge >= 0.3 is 5.97 Å². The van der Waals surface area contributed by atoms with Crippen LogP contribution in [-0.2, 0) is 16.0 Å². The zero-order chi connectivity index (χ0) is 22.9. The molecule has 0 radical (unpaired) electrons. The normalized spacial score (nSPS) is 12.0. The summed E-state index contributed by atoms with van der Waals surface area (Å²) in [5.41, 5.74) is 0.813. The van der Waals surface area contributed by atoms with Crippen LogP contribution >= 0.6 is 0 Å². The third-order valence-corrected chi connectivity index (χ3v) is 4.90. The minimum absolute atomic E-state index is 0.0274. The fourth-order valence-corrected chi connectivity index (χ4v) is 3.52. The van der Waals surface area contributed by atoms with E-state index < -0.39 is 41.2 Å². The average Bonchev–Trinajstić information content (AvgIpc) is 2.92. The summed E-state index contributed by atoms with van der Waals surface area (Å²) in [6, 6.07) is 6.48. The van der Waals surface area contributed by atoms with Gasteiger partial charge in [-0.15, -0.1) is 0 Å². The number of carboxylic acid groups (broad SMARTS) is 1. The molecule has 31 heavy (non-hydrogen) atoms. The molecule has 1 amide bonds. The number of hydrogen-bond donors (Lipinski definition) is 3. The van der Waals surface area contributed by atoms with Crippen LogP contribution in [0.5, 0.6) is 5.75 Å². The summed E-state index contributed by atoms with van der Waals surface area (Å²) in [7, 11) is 0. The van der Waals surface area contributed by atoms with Crippen LogP contribution in [0.15, 0.2) is 36.4 Å². The second-order valence-electron chi connectivity index (χ2n) is 7.28. The van der Waals surface area contributed by atoms with Gasteiger partial charge in [0, 0.05) is 28.8 Å². The van der Waals surface area contributed by atoms with Crippen molar-refractivity contribution in [1.82, 2.24) is 9.88 Å². The lowest BCUT2D eigenvalue weighted by atomic mass is 10.1. The fraction of sp³-hybridized carbons (Fsp3) is 0.227. The minimum Gasteiger partial charge on any atom is -0.505 e. The molecule has 1 atom stereocenters. The molecule has 3 aromatic rings. The van der Waals surface area contributed by atoms with E-state index >= 15 is 0 Å². The zero-order valence-electron chi connectivity index (χ0n) is 16.8. The molecule has 1 unspecified atom stereocenters. The third kappa shape index (κ3) is 4.55. The van der Waals surface area contributed by atoms with Gasteiger partial charge in [0.25, 0.3) is 5.91 Å². The average molecular weight is 430 g/mol. The highest BCUT2D eigenvalue weighted by Crippen LogP contribution is 2.32. The highest BCUT2D eigenvalue weighted by molar-refractivity contribution is 6.05. The summed E-state index contributed by atoms with van der Waals surface area (Å²) in [4.78, 5) is 36.3. The molecule has 0 aliphatic carbocycles. The highest BCUT2D eigenvalue weighted by atomic mass is 19.1. The predicted molar refractivity (Wildman–Crippen MR) is 108 cm³/mol. The zero-order valence-corrected chi connectivity index (χ0v) is 16.8. The lowest BCUT2D eigenvalue weighted by Gasteiger charge is -2.12. The first-order chi connectivity index (χ1) is 14.6. The molecular weight excluding hydrogens is 410 g/mol. The van der Waals surface area contributed by atoms with Crippen LogP contribution in [-0.4, -0.2) is 38.6 Å². The molecule has 0 aliphatic heterocycles. The highest BCUT2D eigenvalue weighted by Gasteiger charge is 2.24. The van der Waals surface area contributed by atoms with Crippen LogP contribution in [0, 0.1) is 18.6 Å². The maximum Gasteiger partial charge on any atom is 0.305 e. The van der Waals surface area contributed by atoms with Crippen molar-refractivity contribution in [3.05, 3.63) is 64.9 Å². The van der Waals surface area contributed by atoms with Gasteiger partial charge in [0.1, 0.15) is 5.82 Å². The number of carbonyl (C=O) groups is 3. The quantitative estimate of drug-likeness (QED) is 0.557. The minimum atomic E-state index is -1.07. The Morgan fingerprint density at radius 1 is 1.16 bits per heavy atom. The Balaban J connectivity index is 2.07. The first kappa shape index (κ1) is 21.9. The van der Waals surface area contributed by atoms with E-state index in [1.54, 1.807) is 6.92 Å². The van der Waals surface area contributed by atoms with Gasteiger partial charge in [-0.05, 0) is 43.7 Å².